The number of carbonyl (C=O) groups is 1. The van der Waals surface area contributed by atoms with Gasteiger partial charge in [-0.25, -0.2) is 0 Å². The molecule has 1 atom stereocenters. The first-order chi connectivity index (χ1) is 6.20. The molecule has 0 aromatic rings. The number of hydrogen-bond acceptors (Lipinski definition) is 3. The lowest BCUT2D eigenvalue weighted by molar-refractivity contribution is -0.143. The minimum absolute atomic E-state index is 0.106. The summed E-state index contributed by atoms with van der Waals surface area (Å²) in [6.45, 7) is 7.81. The summed E-state index contributed by atoms with van der Waals surface area (Å²) < 4.78 is 10.1. The molecule has 0 heterocycles. The average molecular weight is 188 g/mol. The molecule has 0 bridgehead atoms. The zero-order valence-corrected chi connectivity index (χ0v) is 8.84. The molecule has 0 saturated carbocycles. The van der Waals surface area contributed by atoms with E-state index in [0.717, 1.165) is 19.6 Å². The number of ether oxygens (including phenoxy) is 2. The Kier molecular flexibility index (Phi) is 7.69. The highest BCUT2D eigenvalue weighted by atomic mass is 16.5. The molecule has 3 heteroatoms. The van der Waals surface area contributed by atoms with Crippen LogP contribution in [-0.2, 0) is 14.3 Å². The standard InChI is InChI=1S/C10H20O3/c1-4-12-8-9(3)6-7-10(11)13-5-2/h9H,4-8H2,1-3H3. The van der Waals surface area contributed by atoms with Gasteiger partial charge < -0.3 is 9.47 Å². The fourth-order valence-corrected chi connectivity index (χ4v) is 1.000. The third kappa shape index (κ3) is 7.78. The van der Waals surface area contributed by atoms with Crippen molar-refractivity contribution in [3.05, 3.63) is 0 Å². The molecule has 0 saturated heterocycles. The van der Waals surface area contributed by atoms with Crippen LogP contribution in [-0.4, -0.2) is 25.8 Å². The molecule has 0 aromatic heterocycles. The Bertz CT molecular complexity index is 134. The van der Waals surface area contributed by atoms with Gasteiger partial charge in [0.15, 0.2) is 0 Å². The molecule has 0 spiro atoms. The zero-order chi connectivity index (χ0) is 10.1. The lowest BCUT2D eigenvalue weighted by Gasteiger charge is -2.09. The normalized spacial score (nSPS) is 12.5. The van der Waals surface area contributed by atoms with Crippen LogP contribution < -0.4 is 0 Å². The minimum atomic E-state index is -0.106. The Morgan fingerprint density at radius 1 is 1.31 bits per heavy atom. The molecule has 0 aliphatic heterocycles. The molecule has 0 fully saturated rings. The molecule has 3 nitrogen and oxygen atoms in total. The highest BCUT2D eigenvalue weighted by Gasteiger charge is 2.06. The highest BCUT2D eigenvalue weighted by molar-refractivity contribution is 5.69. The van der Waals surface area contributed by atoms with Crippen LogP contribution in [0.1, 0.15) is 33.6 Å². The van der Waals surface area contributed by atoms with Crippen molar-refractivity contribution in [1.82, 2.24) is 0 Å². The van der Waals surface area contributed by atoms with Gasteiger partial charge in [-0.05, 0) is 26.2 Å². The second kappa shape index (κ2) is 8.05. The van der Waals surface area contributed by atoms with Gasteiger partial charge in [-0.2, -0.15) is 0 Å². The number of carbonyl (C=O) groups excluding carboxylic acids is 1. The maximum absolute atomic E-state index is 11.0. The molecular formula is C10H20O3. The van der Waals surface area contributed by atoms with Crippen molar-refractivity contribution in [2.24, 2.45) is 5.92 Å². The predicted octanol–water partition coefficient (Wildman–Crippen LogP) is 2.00. The van der Waals surface area contributed by atoms with E-state index in [1.54, 1.807) is 0 Å². The molecule has 0 aromatic carbocycles. The lowest BCUT2D eigenvalue weighted by Crippen LogP contribution is -2.10. The number of hydrogen-bond donors (Lipinski definition) is 0. The topological polar surface area (TPSA) is 35.5 Å². The molecule has 1 unspecified atom stereocenters. The Labute approximate surface area is 80.4 Å². The van der Waals surface area contributed by atoms with Gasteiger partial charge in [0.25, 0.3) is 0 Å². The Morgan fingerprint density at radius 3 is 2.54 bits per heavy atom. The second-order valence-corrected chi connectivity index (χ2v) is 3.11. The van der Waals surface area contributed by atoms with Crippen molar-refractivity contribution >= 4 is 5.97 Å². The van der Waals surface area contributed by atoms with E-state index in [1.807, 2.05) is 13.8 Å². The maximum atomic E-state index is 11.0. The first-order valence-corrected chi connectivity index (χ1v) is 4.94. The van der Waals surface area contributed by atoms with Crippen LogP contribution in [0.4, 0.5) is 0 Å². The Hall–Kier alpha value is -0.570. The van der Waals surface area contributed by atoms with Gasteiger partial charge in [-0.3, -0.25) is 4.79 Å². The molecule has 0 aliphatic carbocycles. The summed E-state index contributed by atoms with van der Waals surface area (Å²) in [6, 6.07) is 0. The van der Waals surface area contributed by atoms with Crippen LogP contribution in [0.25, 0.3) is 0 Å². The van der Waals surface area contributed by atoms with Crippen LogP contribution >= 0.6 is 0 Å². The summed E-state index contributed by atoms with van der Waals surface area (Å²) in [5, 5.41) is 0. The van der Waals surface area contributed by atoms with Gasteiger partial charge in [0.2, 0.25) is 0 Å². The van der Waals surface area contributed by atoms with Crippen molar-refractivity contribution in [2.75, 3.05) is 19.8 Å². The molecule has 78 valence electrons. The summed E-state index contributed by atoms with van der Waals surface area (Å²) in [5.74, 6) is 0.329. The molecule has 13 heavy (non-hydrogen) atoms. The van der Waals surface area contributed by atoms with Crippen molar-refractivity contribution in [3.8, 4) is 0 Å². The summed E-state index contributed by atoms with van der Waals surface area (Å²) in [4.78, 5) is 11.0. The van der Waals surface area contributed by atoms with Crippen LogP contribution in [0.3, 0.4) is 0 Å². The molecule has 0 rings (SSSR count). The maximum Gasteiger partial charge on any atom is 0.305 e. The third-order valence-corrected chi connectivity index (χ3v) is 1.75. The second-order valence-electron chi connectivity index (χ2n) is 3.11. The van der Waals surface area contributed by atoms with Crippen molar-refractivity contribution in [1.29, 1.82) is 0 Å². The van der Waals surface area contributed by atoms with Crippen LogP contribution in [0, 0.1) is 5.92 Å². The molecular weight excluding hydrogens is 168 g/mol. The van der Waals surface area contributed by atoms with E-state index < -0.39 is 0 Å². The van der Waals surface area contributed by atoms with E-state index in [0.29, 0.717) is 18.9 Å². The summed E-state index contributed by atoms with van der Waals surface area (Å²) in [7, 11) is 0. The van der Waals surface area contributed by atoms with Gasteiger partial charge in [0.05, 0.1) is 6.61 Å². The van der Waals surface area contributed by atoms with E-state index in [2.05, 4.69) is 6.92 Å². The summed E-state index contributed by atoms with van der Waals surface area (Å²) in [6.07, 6.45) is 1.35. The minimum Gasteiger partial charge on any atom is -0.466 e. The Balaban J connectivity index is 3.34. The largest absolute Gasteiger partial charge is 0.466 e. The van der Waals surface area contributed by atoms with Gasteiger partial charge in [-0.15, -0.1) is 0 Å². The van der Waals surface area contributed by atoms with Crippen LogP contribution in [0.5, 0.6) is 0 Å². The van der Waals surface area contributed by atoms with Gasteiger partial charge in [0.1, 0.15) is 0 Å². The van der Waals surface area contributed by atoms with E-state index in [9.17, 15) is 4.79 Å². The van der Waals surface area contributed by atoms with Gasteiger partial charge in [-0.1, -0.05) is 6.92 Å². The van der Waals surface area contributed by atoms with Gasteiger partial charge >= 0.3 is 5.97 Å². The van der Waals surface area contributed by atoms with E-state index in [-0.39, 0.29) is 5.97 Å². The number of rotatable bonds is 7. The Morgan fingerprint density at radius 2 is 2.00 bits per heavy atom. The van der Waals surface area contributed by atoms with Crippen molar-refractivity contribution in [3.63, 3.8) is 0 Å². The fourth-order valence-electron chi connectivity index (χ4n) is 1.000. The third-order valence-electron chi connectivity index (χ3n) is 1.75. The van der Waals surface area contributed by atoms with Crippen molar-refractivity contribution < 1.29 is 14.3 Å². The van der Waals surface area contributed by atoms with E-state index in [4.69, 9.17) is 9.47 Å². The molecule has 0 aliphatic rings. The molecule has 0 N–H and O–H groups in total. The van der Waals surface area contributed by atoms with Crippen molar-refractivity contribution in [2.45, 2.75) is 33.6 Å². The van der Waals surface area contributed by atoms with Gasteiger partial charge in [0, 0.05) is 19.6 Å². The van der Waals surface area contributed by atoms with E-state index >= 15 is 0 Å². The monoisotopic (exact) mass is 188 g/mol. The smallest absolute Gasteiger partial charge is 0.305 e. The lowest BCUT2D eigenvalue weighted by atomic mass is 10.1. The SMILES string of the molecule is CCOCC(C)CCC(=O)OCC. The quantitative estimate of drug-likeness (QED) is 0.573. The first kappa shape index (κ1) is 12.4. The molecule has 0 amide bonds. The summed E-state index contributed by atoms with van der Waals surface area (Å²) in [5.41, 5.74) is 0. The predicted molar refractivity (Wildman–Crippen MR) is 51.5 cm³/mol. The first-order valence-electron chi connectivity index (χ1n) is 4.94. The highest BCUT2D eigenvalue weighted by Crippen LogP contribution is 2.06. The zero-order valence-electron chi connectivity index (χ0n) is 8.84. The van der Waals surface area contributed by atoms with E-state index in [1.165, 1.54) is 0 Å². The fraction of sp³-hybridized carbons (Fsp3) is 0.900. The van der Waals surface area contributed by atoms with Crippen LogP contribution in [0.2, 0.25) is 0 Å². The van der Waals surface area contributed by atoms with Crippen LogP contribution in [0.15, 0.2) is 0 Å². The summed E-state index contributed by atoms with van der Waals surface area (Å²) >= 11 is 0. The average Bonchev–Trinajstić information content (AvgIpc) is 2.12. The molecule has 0 radical (unpaired) electrons. The number of esters is 1.